The summed E-state index contributed by atoms with van der Waals surface area (Å²) in [4.78, 5) is 22.9. The quantitative estimate of drug-likeness (QED) is 0.875. The lowest BCUT2D eigenvalue weighted by Gasteiger charge is -2.24. The van der Waals surface area contributed by atoms with Gasteiger partial charge in [0.25, 0.3) is 0 Å². The zero-order chi connectivity index (χ0) is 14.0. The molecule has 0 spiro atoms. The van der Waals surface area contributed by atoms with Crippen molar-refractivity contribution in [3.63, 3.8) is 0 Å². The second-order valence-electron chi connectivity index (χ2n) is 5.62. The van der Waals surface area contributed by atoms with Crippen LogP contribution in [0.3, 0.4) is 0 Å². The average molecular weight is 261 g/mol. The number of rotatable bonds is 4. The number of carbonyl (C=O) groups excluding carboxylic acids is 1. The number of benzene rings is 1. The van der Waals surface area contributed by atoms with Gasteiger partial charge in [-0.3, -0.25) is 9.59 Å². The first-order valence-corrected chi connectivity index (χ1v) is 6.56. The number of nitrogens with one attached hydrogen (secondary N) is 1. The summed E-state index contributed by atoms with van der Waals surface area (Å²) < 4.78 is 0. The highest BCUT2D eigenvalue weighted by molar-refractivity contribution is 5.93. The highest BCUT2D eigenvalue weighted by Crippen LogP contribution is 2.28. The Kier molecular flexibility index (Phi) is 3.60. The van der Waals surface area contributed by atoms with Gasteiger partial charge in [0, 0.05) is 11.6 Å². The molecule has 0 unspecified atom stereocenters. The molecular weight excluding hydrogens is 242 g/mol. The van der Waals surface area contributed by atoms with Gasteiger partial charge in [0.1, 0.15) is 0 Å². The van der Waals surface area contributed by atoms with E-state index in [1.54, 1.807) is 38.1 Å². The van der Waals surface area contributed by atoms with Gasteiger partial charge in [-0.2, -0.15) is 0 Å². The molecule has 4 heteroatoms. The fourth-order valence-corrected chi connectivity index (χ4v) is 2.01. The number of anilines is 1. The molecule has 102 valence electrons. The summed E-state index contributed by atoms with van der Waals surface area (Å²) in [5, 5.41) is 12.0. The van der Waals surface area contributed by atoms with Crippen molar-refractivity contribution in [3.8, 4) is 0 Å². The van der Waals surface area contributed by atoms with Crippen molar-refractivity contribution in [1.29, 1.82) is 0 Å². The number of amides is 1. The molecule has 2 N–H and O–H groups in total. The molecule has 0 bridgehead atoms. The summed E-state index contributed by atoms with van der Waals surface area (Å²) in [5.41, 5.74) is 0.528. The molecule has 1 aliphatic carbocycles. The van der Waals surface area contributed by atoms with Gasteiger partial charge in [0.15, 0.2) is 0 Å². The minimum atomic E-state index is -0.920. The Morgan fingerprint density at radius 1 is 1.21 bits per heavy atom. The van der Waals surface area contributed by atoms with Gasteiger partial charge in [-0.25, -0.2) is 0 Å². The summed E-state index contributed by atoms with van der Waals surface area (Å²) in [6.45, 7) is 3.33. The first-order chi connectivity index (χ1) is 8.91. The standard InChI is InChI=1S/C15H19NO3/c1-15(2,14(18)19)11-6-8-12(9-7-11)16-13(17)10-4-3-5-10/h6-10H,3-5H2,1-2H3,(H,16,17)(H,18,19). The van der Waals surface area contributed by atoms with Crippen molar-refractivity contribution in [1.82, 2.24) is 0 Å². The van der Waals surface area contributed by atoms with E-state index in [1.165, 1.54) is 0 Å². The molecule has 0 aliphatic heterocycles. The maximum absolute atomic E-state index is 11.8. The molecule has 0 saturated heterocycles. The van der Waals surface area contributed by atoms with Crippen molar-refractivity contribution in [2.75, 3.05) is 5.32 Å². The van der Waals surface area contributed by atoms with Gasteiger partial charge in [0.05, 0.1) is 5.41 Å². The van der Waals surface area contributed by atoms with Crippen LogP contribution in [-0.4, -0.2) is 17.0 Å². The van der Waals surface area contributed by atoms with Crippen LogP contribution < -0.4 is 5.32 Å². The Balaban J connectivity index is 2.06. The van der Waals surface area contributed by atoms with E-state index in [0.717, 1.165) is 30.5 Å². The Hall–Kier alpha value is -1.84. The van der Waals surface area contributed by atoms with Crippen LogP contribution in [0.5, 0.6) is 0 Å². The fraction of sp³-hybridized carbons (Fsp3) is 0.467. The lowest BCUT2D eigenvalue weighted by atomic mass is 9.84. The van der Waals surface area contributed by atoms with E-state index in [1.807, 2.05) is 0 Å². The van der Waals surface area contributed by atoms with E-state index in [4.69, 9.17) is 5.11 Å². The van der Waals surface area contributed by atoms with Gasteiger partial charge >= 0.3 is 5.97 Å². The predicted octanol–water partition coefficient (Wildman–Crippen LogP) is 2.79. The largest absolute Gasteiger partial charge is 0.481 e. The molecule has 0 radical (unpaired) electrons. The second-order valence-corrected chi connectivity index (χ2v) is 5.62. The van der Waals surface area contributed by atoms with Gasteiger partial charge in [0.2, 0.25) is 5.91 Å². The number of carboxylic acid groups (broad SMARTS) is 1. The van der Waals surface area contributed by atoms with E-state index in [0.29, 0.717) is 0 Å². The van der Waals surface area contributed by atoms with Crippen molar-refractivity contribution in [2.24, 2.45) is 5.92 Å². The molecule has 0 atom stereocenters. The van der Waals surface area contributed by atoms with Crippen LogP contribution >= 0.6 is 0 Å². The fourth-order valence-electron chi connectivity index (χ4n) is 2.01. The topological polar surface area (TPSA) is 66.4 Å². The SMILES string of the molecule is CC(C)(C(=O)O)c1ccc(NC(=O)C2CCC2)cc1. The number of carbonyl (C=O) groups is 2. The number of aliphatic carboxylic acids is 1. The van der Waals surface area contributed by atoms with Crippen molar-refractivity contribution in [3.05, 3.63) is 29.8 Å². The molecule has 1 aromatic rings. The molecule has 0 aromatic heterocycles. The molecule has 1 fully saturated rings. The van der Waals surface area contributed by atoms with Crippen LogP contribution in [0.25, 0.3) is 0 Å². The maximum Gasteiger partial charge on any atom is 0.313 e. The van der Waals surface area contributed by atoms with Crippen LogP contribution in [0, 0.1) is 5.92 Å². The molecule has 2 rings (SSSR count). The van der Waals surface area contributed by atoms with Crippen LogP contribution in [-0.2, 0) is 15.0 Å². The molecular formula is C15H19NO3. The van der Waals surface area contributed by atoms with Crippen LogP contribution in [0.1, 0.15) is 38.7 Å². The highest BCUT2D eigenvalue weighted by Gasteiger charge is 2.29. The summed E-state index contributed by atoms with van der Waals surface area (Å²) in [6.07, 6.45) is 3.07. The minimum absolute atomic E-state index is 0.0662. The van der Waals surface area contributed by atoms with E-state index >= 15 is 0 Å². The number of hydrogen-bond acceptors (Lipinski definition) is 2. The van der Waals surface area contributed by atoms with Gasteiger partial charge < -0.3 is 10.4 Å². The average Bonchev–Trinajstić information content (AvgIpc) is 2.27. The van der Waals surface area contributed by atoms with E-state index in [9.17, 15) is 9.59 Å². The Morgan fingerprint density at radius 2 is 1.79 bits per heavy atom. The molecule has 1 aliphatic rings. The first kappa shape index (κ1) is 13.6. The normalized spacial score (nSPS) is 15.7. The molecule has 1 amide bonds. The summed E-state index contributed by atoms with van der Waals surface area (Å²) in [6, 6.07) is 7.03. The summed E-state index contributed by atoms with van der Waals surface area (Å²) in [7, 11) is 0. The van der Waals surface area contributed by atoms with Crippen molar-refractivity contribution in [2.45, 2.75) is 38.5 Å². The van der Waals surface area contributed by atoms with Gasteiger partial charge in [-0.15, -0.1) is 0 Å². The second kappa shape index (κ2) is 5.03. The van der Waals surface area contributed by atoms with E-state index < -0.39 is 11.4 Å². The lowest BCUT2D eigenvalue weighted by Crippen LogP contribution is -2.29. The van der Waals surface area contributed by atoms with E-state index in [-0.39, 0.29) is 11.8 Å². The third-order valence-electron chi connectivity index (χ3n) is 3.88. The Morgan fingerprint density at radius 3 is 2.21 bits per heavy atom. The van der Waals surface area contributed by atoms with E-state index in [2.05, 4.69) is 5.32 Å². The van der Waals surface area contributed by atoms with Crippen molar-refractivity contribution >= 4 is 17.6 Å². The zero-order valence-corrected chi connectivity index (χ0v) is 11.3. The van der Waals surface area contributed by atoms with Gasteiger partial charge in [-0.05, 0) is 44.4 Å². The van der Waals surface area contributed by atoms with Crippen LogP contribution in [0.4, 0.5) is 5.69 Å². The number of carboxylic acids is 1. The van der Waals surface area contributed by atoms with Crippen LogP contribution in [0.2, 0.25) is 0 Å². The van der Waals surface area contributed by atoms with Crippen LogP contribution in [0.15, 0.2) is 24.3 Å². The molecule has 1 aromatic carbocycles. The van der Waals surface area contributed by atoms with Crippen molar-refractivity contribution < 1.29 is 14.7 Å². The Labute approximate surface area is 112 Å². The minimum Gasteiger partial charge on any atom is -0.481 e. The monoisotopic (exact) mass is 261 g/mol. The third-order valence-corrected chi connectivity index (χ3v) is 3.88. The molecule has 19 heavy (non-hydrogen) atoms. The highest BCUT2D eigenvalue weighted by atomic mass is 16.4. The third kappa shape index (κ3) is 2.78. The molecule has 0 heterocycles. The first-order valence-electron chi connectivity index (χ1n) is 6.56. The molecule has 1 saturated carbocycles. The summed E-state index contributed by atoms with van der Waals surface area (Å²) in [5.74, 6) is -0.648. The lowest BCUT2D eigenvalue weighted by molar-refractivity contribution is -0.142. The number of hydrogen-bond donors (Lipinski definition) is 2. The zero-order valence-electron chi connectivity index (χ0n) is 11.3. The smallest absolute Gasteiger partial charge is 0.313 e. The predicted molar refractivity (Wildman–Crippen MR) is 73.1 cm³/mol. The summed E-state index contributed by atoms with van der Waals surface area (Å²) >= 11 is 0. The molecule has 4 nitrogen and oxygen atoms in total. The van der Waals surface area contributed by atoms with Gasteiger partial charge in [-0.1, -0.05) is 18.6 Å². The Bertz CT molecular complexity index is 487. The maximum atomic E-state index is 11.8.